The van der Waals surface area contributed by atoms with Crippen molar-refractivity contribution in [3.8, 4) is 5.75 Å². The maximum Gasteiger partial charge on any atom is 0.123 e. The molecule has 2 N–H and O–H groups in total. The number of hydrogen-bond acceptors (Lipinski definition) is 3. The van der Waals surface area contributed by atoms with Crippen molar-refractivity contribution in [2.45, 2.75) is 31.4 Å². The minimum atomic E-state index is 0.309. The standard InChI is InChI=1S/C14H19BrN2O/c15-11-1-2-14-10(7-11)8-13(18-14)9-17-5-3-12(16)4-6-17/h1-2,7,12-13H,3-6,8-9,16H2. The van der Waals surface area contributed by atoms with Crippen LogP contribution in [0.1, 0.15) is 18.4 Å². The van der Waals surface area contributed by atoms with Gasteiger partial charge in [0.05, 0.1) is 0 Å². The third-order valence-corrected chi connectivity index (χ3v) is 4.35. The summed E-state index contributed by atoms with van der Waals surface area (Å²) in [7, 11) is 0. The van der Waals surface area contributed by atoms with E-state index in [1.54, 1.807) is 0 Å². The van der Waals surface area contributed by atoms with Crippen LogP contribution >= 0.6 is 15.9 Å². The molecule has 18 heavy (non-hydrogen) atoms. The van der Waals surface area contributed by atoms with E-state index >= 15 is 0 Å². The molecule has 3 nitrogen and oxygen atoms in total. The lowest BCUT2D eigenvalue weighted by Crippen LogP contribution is -2.43. The van der Waals surface area contributed by atoms with Crippen LogP contribution in [0.25, 0.3) is 0 Å². The number of halogens is 1. The minimum Gasteiger partial charge on any atom is -0.488 e. The number of nitrogens with two attached hydrogens (primary N) is 1. The molecule has 0 aromatic heterocycles. The first-order valence-electron chi connectivity index (χ1n) is 6.64. The summed E-state index contributed by atoms with van der Waals surface area (Å²) in [5, 5.41) is 0. The fraction of sp³-hybridized carbons (Fsp3) is 0.571. The van der Waals surface area contributed by atoms with Crippen molar-refractivity contribution in [2.24, 2.45) is 5.73 Å². The molecule has 98 valence electrons. The Labute approximate surface area is 116 Å². The predicted octanol–water partition coefficient (Wildman–Crippen LogP) is 2.18. The highest BCUT2D eigenvalue weighted by molar-refractivity contribution is 9.10. The zero-order valence-corrected chi connectivity index (χ0v) is 12.0. The second-order valence-corrected chi connectivity index (χ2v) is 6.25. The first-order valence-corrected chi connectivity index (χ1v) is 7.43. The van der Waals surface area contributed by atoms with Crippen molar-refractivity contribution in [3.63, 3.8) is 0 Å². The molecule has 4 heteroatoms. The van der Waals surface area contributed by atoms with Crippen LogP contribution < -0.4 is 10.5 Å². The number of hydrogen-bond donors (Lipinski definition) is 1. The summed E-state index contributed by atoms with van der Waals surface area (Å²) < 4.78 is 7.13. The van der Waals surface area contributed by atoms with Crippen LogP contribution in [-0.2, 0) is 6.42 Å². The van der Waals surface area contributed by atoms with Gasteiger partial charge in [-0.25, -0.2) is 0 Å². The van der Waals surface area contributed by atoms with Gasteiger partial charge in [0.15, 0.2) is 0 Å². The number of ether oxygens (including phenoxy) is 1. The lowest BCUT2D eigenvalue weighted by molar-refractivity contribution is 0.129. The molecule has 0 saturated carbocycles. The van der Waals surface area contributed by atoms with Gasteiger partial charge >= 0.3 is 0 Å². The summed E-state index contributed by atoms with van der Waals surface area (Å²) in [4.78, 5) is 2.48. The Morgan fingerprint density at radius 2 is 2.11 bits per heavy atom. The Morgan fingerprint density at radius 1 is 1.33 bits per heavy atom. The van der Waals surface area contributed by atoms with Gasteiger partial charge in [0.1, 0.15) is 11.9 Å². The topological polar surface area (TPSA) is 38.5 Å². The van der Waals surface area contributed by atoms with Crippen LogP contribution in [0, 0.1) is 0 Å². The van der Waals surface area contributed by atoms with Gasteiger partial charge in [0.25, 0.3) is 0 Å². The van der Waals surface area contributed by atoms with E-state index in [1.165, 1.54) is 5.56 Å². The highest BCUT2D eigenvalue weighted by Gasteiger charge is 2.26. The number of rotatable bonds is 2. The first kappa shape index (κ1) is 12.5. The van der Waals surface area contributed by atoms with E-state index in [1.807, 2.05) is 6.07 Å². The zero-order valence-electron chi connectivity index (χ0n) is 10.4. The van der Waals surface area contributed by atoms with Gasteiger partial charge < -0.3 is 10.5 Å². The van der Waals surface area contributed by atoms with Crippen molar-refractivity contribution in [1.82, 2.24) is 4.90 Å². The van der Waals surface area contributed by atoms with Crippen LogP contribution in [0.5, 0.6) is 5.75 Å². The first-order chi connectivity index (χ1) is 8.70. The molecule has 2 aliphatic heterocycles. The van der Waals surface area contributed by atoms with Gasteiger partial charge in [-0.15, -0.1) is 0 Å². The molecular formula is C14H19BrN2O. The smallest absolute Gasteiger partial charge is 0.123 e. The average molecular weight is 311 g/mol. The molecule has 1 atom stereocenters. The second-order valence-electron chi connectivity index (χ2n) is 5.33. The van der Waals surface area contributed by atoms with Crippen LogP contribution in [0.2, 0.25) is 0 Å². The Balaban J connectivity index is 1.58. The number of fused-ring (bicyclic) bond motifs is 1. The van der Waals surface area contributed by atoms with Crippen molar-refractivity contribution >= 4 is 15.9 Å². The van der Waals surface area contributed by atoms with E-state index in [2.05, 4.69) is 33.0 Å². The average Bonchev–Trinajstić information content (AvgIpc) is 2.73. The van der Waals surface area contributed by atoms with Crippen molar-refractivity contribution in [1.29, 1.82) is 0 Å². The van der Waals surface area contributed by atoms with Gasteiger partial charge in [-0.3, -0.25) is 4.90 Å². The van der Waals surface area contributed by atoms with Crippen molar-refractivity contribution < 1.29 is 4.74 Å². The fourth-order valence-corrected chi connectivity index (χ4v) is 3.22. The van der Waals surface area contributed by atoms with Crippen molar-refractivity contribution in [2.75, 3.05) is 19.6 Å². The van der Waals surface area contributed by atoms with Gasteiger partial charge in [0, 0.05) is 23.5 Å². The normalized spacial score (nSPS) is 24.9. The fourth-order valence-electron chi connectivity index (χ4n) is 2.81. The summed E-state index contributed by atoms with van der Waals surface area (Å²) in [5.74, 6) is 1.05. The largest absolute Gasteiger partial charge is 0.488 e. The molecule has 0 radical (unpaired) electrons. The van der Waals surface area contributed by atoms with Crippen LogP contribution in [-0.4, -0.2) is 36.7 Å². The summed E-state index contributed by atoms with van der Waals surface area (Å²) >= 11 is 3.51. The van der Waals surface area contributed by atoms with Crippen LogP contribution in [0.3, 0.4) is 0 Å². The number of nitrogens with zero attached hydrogens (tertiary/aromatic N) is 1. The molecule has 1 aromatic rings. The highest BCUT2D eigenvalue weighted by Crippen LogP contribution is 2.31. The molecule has 1 fully saturated rings. The molecule has 0 bridgehead atoms. The van der Waals surface area contributed by atoms with E-state index in [4.69, 9.17) is 10.5 Å². The molecule has 1 aromatic carbocycles. The van der Waals surface area contributed by atoms with Gasteiger partial charge in [-0.2, -0.15) is 0 Å². The zero-order chi connectivity index (χ0) is 12.5. The third kappa shape index (κ3) is 2.71. The van der Waals surface area contributed by atoms with E-state index in [0.29, 0.717) is 12.1 Å². The van der Waals surface area contributed by atoms with Crippen LogP contribution in [0.15, 0.2) is 22.7 Å². The molecule has 0 aliphatic carbocycles. The maximum absolute atomic E-state index is 6.00. The predicted molar refractivity (Wildman–Crippen MR) is 75.9 cm³/mol. The molecule has 2 aliphatic rings. The number of likely N-dealkylation sites (tertiary alicyclic amines) is 1. The lowest BCUT2D eigenvalue weighted by atomic mass is 10.0. The molecule has 0 spiro atoms. The SMILES string of the molecule is NC1CCN(CC2Cc3cc(Br)ccc3O2)CC1. The van der Waals surface area contributed by atoms with Gasteiger partial charge in [0.2, 0.25) is 0 Å². The summed E-state index contributed by atoms with van der Waals surface area (Å²) in [6.07, 6.45) is 3.57. The Morgan fingerprint density at radius 3 is 2.89 bits per heavy atom. The Hall–Kier alpha value is -0.580. The maximum atomic E-state index is 6.00. The molecule has 3 rings (SSSR count). The van der Waals surface area contributed by atoms with Crippen LogP contribution in [0.4, 0.5) is 0 Å². The summed E-state index contributed by atoms with van der Waals surface area (Å²) in [5.41, 5.74) is 7.25. The van der Waals surface area contributed by atoms with Gasteiger partial charge in [-0.1, -0.05) is 15.9 Å². The molecule has 0 amide bonds. The molecular weight excluding hydrogens is 292 g/mol. The van der Waals surface area contributed by atoms with E-state index in [-0.39, 0.29) is 0 Å². The summed E-state index contributed by atoms with van der Waals surface area (Å²) in [6, 6.07) is 6.67. The Kier molecular flexibility index (Phi) is 3.59. The monoisotopic (exact) mass is 310 g/mol. The number of benzene rings is 1. The minimum absolute atomic E-state index is 0.309. The van der Waals surface area contributed by atoms with E-state index in [0.717, 1.165) is 49.1 Å². The quantitative estimate of drug-likeness (QED) is 0.910. The third-order valence-electron chi connectivity index (χ3n) is 3.86. The molecule has 2 heterocycles. The molecule has 1 saturated heterocycles. The van der Waals surface area contributed by atoms with Gasteiger partial charge in [-0.05, 0) is 49.7 Å². The lowest BCUT2D eigenvalue weighted by Gasteiger charge is -2.31. The summed E-state index contributed by atoms with van der Waals surface area (Å²) in [6.45, 7) is 3.25. The molecule has 1 unspecified atom stereocenters. The highest BCUT2D eigenvalue weighted by atomic mass is 79.9. The van der Waals surface area contributed by atoms with E-state index < -0.39 is 0 Å². The second kappa shape index (κ2) is 5.19. The Bertz CT molecular complexity index is 430. The van der Waals surface area contributed by atoms with Crippen molar-refractivity contribution in [3.05, 3.63) is 28.2 Å². The number of piperidine rings is 1. The van der Waals surface area contributed by atoms with E-state index in [9.17, 15) is 0 Å².